The zero-order valence-electron chi connectivity index (χ0n) is 10.9. The molecule has 0 amide bonds. The van der Waals surface area contributed by atoms with Gasteiger partial charge >= 0.3 is 0 Å². The Kier molecular flexibility index (Phi) is 3.27. The molecule has 4 atom stereocenters. The Morgan fingerprint density at radius 1 is 1.35 bits per heavy atom. The minimum atomic E-state index is 0.702. The van der Waals surface area contributed by atoms with Gasteiger partial charge in [-0.2, -0.15) is 0 Å². The van der Waals surface area contributed by atoms with Gasteiger partial charge in [-0.05, 0) is 63.0 Å². The fourth-order valence-electron chi connectivity index (χ4n) is 3.90. The zero-order chi connectivity index (χ0) is 11.8. The highest BCUT2D eigenvalue weighted by Crippen LogP contribution is 2.49. The molecule has 2 aliphatic rings. The van der Waals surface area contributed by atoms with E-state index in [4.69, 9.17) is 0 Å². The van der Waals surface area contributed by atoms with Gasteiger partial charge in [0.1, 0.15) is 0 Å². The smallest absolute Gasteiger partial charge is 0.0302 e. The molecule has 0 radical (unpaired) electrons. The van der Waals surface area contributed by atoms with Gasteiger partial charge in [0, 0.05) is 22.3 Å². The molecule has 2 fully saturated rings. The molecular formula is C15H23NS. The van der Waals surface area contributed by atoms with Crippen LogP contribution in [0, 0.1) is 24.7 Å². The van der Waals surface area contributed by atoms with Crippen molar-refractivity contribution in [3.05, 3.63) is 21.9 Å². The Morgan fingerprint density at radius 3 is 2.82 bits per heavy atom. The summed E-state index contributed by atoms with van der Waals surface area (Å²) in [6, 6.07) is 5.19. The van der Waals surface area contributed by atoms with Crippen molar-refractivity contribution in [2.45, 2.75) is 52.1 Å². The Hall–Kier alpha value is -0.340. The first-order valence-corrected chi connectivity index (χ1v) is 7.82. The van der Waals surface area contributed by atoms with Gasteiger partial charge in [-0.3, -0.25) is 0 Å². The van der Waals surface area contributed by atoms with Crippen molar-refractivity contribution in [3.8, 4) is 0 Å². The minimum Gasteiger partial charge on any atom is -0.309 e. The lowest BCUT2D eigenvalue weighted by molar-refractivity contribution is 0.260. The predicted octanol–water partition coefficient (Wildman–Crippen LogP) is 3.97. The molecule has 0 saturated heterocycles. The van der Waals surface area contributed by atoms with Crippen LogP contribution in [0.15, 0.2) is 12.1 Å². The van der Waals surface area contributed by atoms with Crippen LogP contribution in [0.1, 0.15) is 42.4 Å². The third-order valence-electron chi connectivity index (χ3n) is 4.83. The standard InChI is InChI=1S/C15H23NS/c1-10-3-6-14(17-10)9-16-11(2)15-8-12-4-5-13(15)7-12/h3,6,11-13,15-16H,4-5,7-9H2,1-2H3/t11-,12+,13+,15+/m1/s1. The second kappa shape index (κ2) is 4.74. The van der Waals surface area contributed by atoms with Crippen LogP contribution < -0.4 is 5.32 Å². The average Bonchev–Trinajstić information content (AvgIpc) is 3.01. The first-order valence-electron chi connectivity index (χ1n) is 7.01. The van der Waals surface area contributed by atoms with Gasteiger partial charge in [-0.1, -0.05) is 6.42 Å². The normalized spacial score (nSPS) is 33.2. The Morgan fingerprint density at radius 2 is 2.24 bits per heavy atom. The van der Waals surface area contributed by atoms with Gasteiger partial charge in [0.05, 0.1) is 0 Å². The maximum atomic E-state index is 3.75. The summed E-state index contributed by atoms with van der Waals surface area (Å²) in [5.41, 5.74) is 0. The summed E-state index contributed by atoms with van der Waals surface area (Å²) in [5.74, 6) is 3.06. The highest BCUT2D eigenvalue weighted by Gasteiger charge is 2.41. The van der Waals surface area contributed by atoms with Gasteiger partial charge < -0.3 is 5.32 Å². The van der Waals surface area contributed by atoms with Gasteiger partial charge in [-0.15, -0.1) is 11.3 Å². The molecule has 2 saturated carbocycles. The minimum absolute atomic E-state index is 0.702. The van der Waals surface area contributed by atoms with Gasteiger partial charge in [0.25, 0.3) is 0 Å². The fraction of sp³-hybridized carbons (Fsp3) is 0.733. The molecule has 0 aliphatic heterocycles. The van der Waals surface area contributed by atoms with E-state index in [-0.39, 0.29) is 0 Å². The van der Waals surface area contributed by atoms with Crippen molar-refractivity contribution in [2.24, 2.45) is 17.8 Å². The summed E-state index contributed by atoms with van der Waals surface area (Å²) in [5, 5.41) is 3.75. The van der Waals surface area contributed by atoms with Crippen LogP contribution in [-0.2, 0) is 6.54 Å². The number of rotatable bonds is 4. The van der Waals surface area contributed by atoms with Crippen LogP contribution in [0.4, 0.5) is 0 Å². The van der Waals surface area contributed by atoms with Gasteiger partial charge in [0.15, 0.2) is 0 Å². The topological polar surface area (TPSA) is 12.0 Å². The largest absolute Gasteiger partial charge is 0.309 e. The maximum Gasteiger partial charge on any atom is 0.0302 e. The molecule has 0 aromatic carbocycles. The third kappa shape index (κ3) is 2.43. The van der Waals surface area contributed by atoms with E-state index in [2.05, 4.69) is 31.3 Å². The van der Waals surface area contributed by atoms with E-state index in [9.17, 15) is 0 Å². The highest BCUT2D eigenvalue weighted by molar-refractivity contribution is 7.11. The molecule has 1 N–H and O–H groups in total. The van der Waals surface area contributed by atoms with Crippen LogP contribution in [0.25, 0.3) is 0 Å². The lowest BCUT2D eigenvalue weighted by Crippen LogP contribution is -2.35. The number of nitrogens with one attached hydrogen (secondary N) is 1. The summed E-state index contributed by atoms with van der Waals surface area (Å²) < 4.78 is 0. The average molecular weight is 249 g/mol. The highest BCUT2D eigenvalue weighted by atomic mass is 32.1. The van der Waals surface area contributed by atoms with Crippen LogP contribution in [-0.4, -0.2) is 6.04 Å². The third-order valence-corrected chi connectivity index (χ3v) is 5.83. The summed E-state index contributed by atoms with van der Waals surface area (Å²) >= 11 is 1.93. The van der Waals surface area contributed by atoms with E-state index in [0.29, 0.717) is 6.04 Å². The molecule has 94 valence electrons. The van der Waals surface area contributed by atoms with Crippen molar-refractivity contribution < 1.29 is 0 Å². The molecule has 3 rings (SSSR count). The summed E-state index contributed by atoms with van der Waals surface area (Å²) in [4.78, 5) is 2.91. The van der Waals surface area contributed by atoms with E-state index >= 15 is 0 Å². The summed E-state index contributed by atoms with van der Waals surface area (Å²) in [6.07, 6.45) is 6.02. The molecule has 0 unspecified atom stereocenters. The quantitative estimate of drug-likeness (QED) is 0.851. The monoisotopic (exact) mass is 249 g/mol. The molecule has 2 bridgehead atoms. The lowest BCUT2D eigenvalue weighted by atomic mass is 9.84. The molecule has 17 heavy (non-hydrogen) atoms. The zero-order valence-corrected chi connectivity index (χ0v) is 11.7. The predicted molar refractivity (Wildman–Crippen MR) is 74.3 cm³/mol. The number of thiophene rings is 1. The van der Waals surface area contributed by atoms with E-state index in [1.54, 1.807) is 0 Å². The molecule has 0 spiro atoms. The van der Waals surface area contributed by atoms with Gasteiger partial charge in [-0.25, -0.2) is 0 Å². The Labute approximate surface area is 109 Å². The van der Waals surface area contributed by atoms with Crippen molar-refractivity contribution >= 4 is 11.3 Å². The second-order valence-corrected chi connectivity index (χ2v) is 7.39. The molecule has 2 aliphatic carbocycles. The number of aryl methyl sites for hydroxylation is 1. The first-order chi connectivity index (χ1) is 8.22. The fourth-order valence-corrected chi connectivity index (χ4v) is 4.74. The summed E-state index contributed by atoms with van der Waals surface area (Å²) in [6.45, 7) is 5.65. The van der Waals surface area contributed by atoms with Crippen molar-refractivity contribution in [1.82, 2.24) is 5.32 Å². The van der Waals surface area contributed by atoms with Crippen LogP contribution in [0.3, 0.4) is 0 Å². The van der Waals surface area contributed by atoms with Crippen LogP contribution in [0.2, 0.25) is 0 Å². The van der Waals surface area contributed by atoms with Crippen LogP contribution in [0.5, 0.6) is 0 Å². The maximum absolute atomic E-state index is 3.75. The van der Waals surface area contributed by atoms with E-state index < -0.39 is 0 Å². The van der Waals surface area contributed by atoms with Crippen molar-refractivity contribution in [3.63, 3.8) is 0 Å². The Balaban J connectivity index is 1.52. The number of hydrogen-bond acceptors (Lipinski definition) is 2. The number of hydrogen-bond donors (Lipinski definition) is 1. The first kappa shape index (κ1) is 11.7. The SMILES string of the molecule is Cc1ccc(CN[C@H](C)[C@@H]2C[C@H]3CC[C@H]2C3)s1. The molecule has 1 heterocycles. The molecular weight excluding hydrogens is 226 g/mol. The molecule has 1 nitrogen and oxygen atoms in total. The molecule has 1 aromatic rings. The van der Waals surface area contributed by atoms with Crippen molar-refractivity contribution in [1.29, 1.82) is 0 Å². The van der Waals surface area contributed by atoms with E-state index in [0.717, 1.165) is 24.3 Å². The number of fused-ring (bicyclic) bond motifs is 2. The lowest BCUT2D eigenvalue weighted by Gasteiger charge is -2.28. The Bertz CT molecular complexity index is 384. The summed E-state index contributed by atoms with van der Waals surface area (Å²) in [7, 11) is 0. The second-order valence-electron chi connectivity index (χ2n) is 6.02. The van der Waals surface area contributed by atoms with Gasteiger partial charge in [0.2, 0.25) is 0 Å². The molecule has 2 heteroatoms. The van der Waals surface area contributed by atoms with E-state index in [1.165, 1.54) is 35.4 Å². The molecule has 1 aromatic heterocycles. The van der Waals surface area contributed by atoms with Crippen LogP contribution >= 0.6 is 11.3 Å². The van der Waals surface area contributed by atoms with Crippen molar-refractivity contribution in [2.75, 3.05) is 0 Å². The van der Waals surface area contributed by atoms with E-state index in [1.807, 2.05) is 11.3 Å².